The van der Waals surface area contributed by atoms with E-state index in [1.165, 1.54) is 11.3 Å². The average molecular weight is 461 g/mol. The summed E-state index contributed by atoms with van der Waals surface area (Å²) in [5, 5.41) is 0. The van der Waals surface area contributed by atoms with Crippen LogP contribution in [-0.2, 0) is 9.53 Å². The molecule has 1 aliphatic rings. The first-order chi connectivity index (χ1) is 16.0. The normalized spacial score (nSPS) is 16.0. The number of thiazole rings is 1. The number of carbonyl (C=O) groups excluding carboxylic acids is 1. The Hall–Kier alpha value is -3.71. The van der Waals surface area contributed by atoms with Gasteiger partial charge < -0.3 is 9.47 Å². The molecule has 7 heteroatoms. The molecule has 1 unspecified atom stereocenters. The molecule has 0 aliphatic carbocycles. The van der Waals surface area contributed by atoms with E-state index in [1.807, 2.05) is 66.7 Å². The Morgan fingerprint density at radius 3 is 2.61 bits per heavy atom. The average Bonchev–Trinajstić information content (AvgIpc) is 3.12. The first-order valence-electron chi connectivity index (χ1n) is 10.6. The van der Waals surface area contributed by atoms with Gasteiger partial charge in [-0.1, -0.05) is 72.0 Å². The minimum Gasteiger partial charge on any atom is -0.496 e. The van der Waals surface area contributed by atoms with Crippen LogP contribution in [0.4, 0.5) is 0 Å². The van der Waals surface area contributed by atoms with Gasteiger partial charge in [-0.05, 0) is 31.6 Å². The number of fused-ring (bicyclic) bond motifs is 1. The van der Waals surface area contributed by atoms with Crippen molar-refractivity contribution in [2.45, 2.75) is 19.9 Å². The first-order valence-corrected chi connectivity index (χ1v) is 11.4. The molecule has 168 valence electrons. The molecule has 0 fully saturated rings. The van der Waals surface area contributed by atoms with Gasteiger partial charge >= 0.3 is 5.97 Å². The number of hydrogen-bond acceptors (Lipinski definition) is 6. The highest BCUT2D eigenvalue weighted by Gasteiger charge is 2.30. The first kappa shape index (κ1) is 22.5. The Morgan fingerprint density at radius 2 is 1.88 bits per heavy atom. The number of carbonyl (C=O) groups is 1. The van der Waals surface area contributed by atoms with Crippen LogP contribution < -0.4 is 19.6 Å². The quantitative estimate of drug-likeness (QED) is 0.528. The Morgan fingerprint density at radius 1 is 1.15 bits per heavy atom. The number of methoxy groups -OCH3 is 1. The van der Waals surface area contributed by atoms with Crippen LogP contribution in [0.5, 0.6) is 5.75 Å². The van der Waals surface area contributed by atoms with Crippen LogP contribution in [0, 0.1) is 0 Å². The van der Waals surface area contributed by atoms with E-state index in [4.69, 9.17) is 9.47 Å². The highest BCUT2D eigenvalue weighted by Crippen LogP contribution is 2.26. The van der Waals surface area contributed by atoms with Crippen molar-refractivity contribution in [3.8, 4) is 5.75 Å². The summed E-state index contributed by atoms with van der Waals surface area (Å²) >= 11 is 1.28. The van der Waals surface area contributed by atoms with E-state index < -0.39 is 12.0 Å². The van der Waals surface area contributed by atoms with Gasteiger partial charge in [-0.15, -0.1) is 0 Å². The minimum absolute atomic E-state index is 0.221. The lowest BCUT2D eigenvalue weighted by Gasteiger charge is -2.21. The van der Waals surface area contributed by atoms with Gasteiger partial charge in [0.25, 0.3) is 5.56 Å². The Labute approximate surface area is 195 Å². The fourth-order valence-electron chi connectivity index (χ4n) is 3.71. The van der Waals surface area contributed by atoms with E-state index in [0.29, 0.717) is 26.4 Å². The summed E-state index contributed by atoms with van der Waals surface area (Å²) < 4.78 is 12.8. The summed E-state index contributed by atoms with van der Waals surface area (Å²) in [6, 6.07) is 16.6. The van der Waals surface area contributed by atoms with Crippen molar-refractivity contribution in [3.05, 3.63) is 103 Å². The van der Waals surface area contributed by atoms with Crippen molar-refractivity contribution >= 4 is 29.5 Å². The second-order valence-corrected chi connectivity index (χ2v) is 8.37. The number of nitrogens with zero attached hydrogens (tertiary/aromatic N) is 2. The van der Waals surface area contributed by atoms with Gasteiger partial charge in [0.1, 0.15) is 5.75 Å². The Balaban J connectivity index is 1.89. The fraction of sp³-hybridized carbons (Fsp3) is 0.192. The van der Waals surface area contributed by atoms with Gasteiger partial charge in [0, 0.05) is 5.56 Å². The summed E-state index contributed by atoms with van der Waals surface area (Å²) in [5.41, 5.74) is 2.44. The number of ether oxygens (including phenoxy) is 2. The molecule has 3 aromatic rings. The molecular weight excluding hydrogens is 436 g/mol. The van der Waals surface area contributed by atoms with E-state index >= 15 is 0 Å². The predicted octanol–water partition coefficient (Wildman–Crippen LogP) is 3.47. The molecule has 4 rings (SSSR count). The predicted molar refractivity (Wildman–Crippen MR) is 130 cm³/mol. The monoisotopic (exact) mass is 460 g/mol. The van der Waals surface area contributed by atoms with Crippen LogP contribution in [0.2, 0.25) is 0 Å². The Bertz CT molecular complexity index is 1410. The zero-order valence-corrected chi connectivity index (χ0v) is 19.5. The highest BCUT2D eigenvalue weighted by atomic mass is 32.1. The molecule has 2 heterocycles. The molecule has 0 saturated heterocycles. The number of para-hydroxylation sites is 1. The lowest BCUT2D eigenvalue weighted by Crippen LogP contribution is -2.38. The third kappa shape index (κ3) is 4.59. The zero-order chi connectivity index (χ0) is 23.4. The van der Waals surface area contributed by atoms with Crippen molar-refractivity contribution in [2.75, 3.05) is 13.7 Å². The van der Waals surface area contributed by atoms with Crippen LogP contribution in [0.15, 0.2) is 81.7 Å². The summed E-state index contributed by atoms with van der Waals surface area (Å²) in [4.78, 5) is 31.4. The van der Waals surface area contributed by atoms with Crippen LogP contribution in [-0.4, -0.2) is 24.3 Å². The zero-order valence-electron chi connectivity index (χ0n) is 18.6. The summed E-state index contributed by atoms with van der Waals surface area (Å²) in [7, 11) is 1.59. The van der Waals surface area contributed by atoms with Crippen LogP contribution in [0.25, 0.3) is 12.2 Å². The van der Waals surface area contributed by atoms with E-state index in [0.717, 1.165) is 11.1 Å². The molecule has 0 spiro atoms. The number of esters is 1. The lowest BCUT2D eigenvalue weighted by atomic mass is 10.0. The van der Waals surface area contributed by atoms with Crippen molar-refractivity contribution in [3.63, 3.8) is 0 Å². The maximum Gasteiger partial charge on any atom is 0.338 e. The smallest absolute Gasteiger partial charge is 0.338 e. The molecule has 6 nitrogen and oxygen atoms in total. The standard InChI is InChI=1S/C26H24N2O4S/c1-4-32-25(30)23-17(2)27-26-28(20(23)15-14-18-10-6-5-7-11-18)24(29)22(33-26)16-19-12-8-9-13-21(19)31-3/h5-16,20H,4H2,1-3H3. The maximum atomic E-state index is 13.5. The molecular formula is C26H24N2O4S. The summed E-state index contributed by atoms with van der Waals surface area (Å²) in [6.45, 7) is 3.76. The lowest BCUT2D eigenvalue weighted by molar-refractivity contribution is -0.139. The molecule has 2 aromatic carbocycles. The Kier molecular flexibility index (Phi) is 6.70. The van der Waals surface area contributed by atoms with Gasteiger partial charge in [-0.3, -0.25) is 9.36 Å². The van der Waals surface area contributed by atoms with Crippen molar-refractivity contribution in [1.82, 2.24) is 4.57 Å². The third-order valence-electron chi connectivity index (χ3n) is 5.26. The minimum atomic E-state index is -0.625. The summed E-state index contributed by atoms with van der Waals surface area (Å²) in [6.07, 6.45) is 5.55. The largest absolute Gasteiger partial charge is 0.496 e. The molecule has 0 saturated carbocycles. The fourth-order valence-corrected chi connectivity index (χ4v) is 4.76. The van der Waals surface area contributed by atoms with E-state index in [2.05, 4.69) is 4.99 Å². The van der Waals surface area contributed by atoms with Gasteiger partial charge in [0.2, 0.25) is 0 Å². The second kappa shape index (κ2) is 9.83. The number of allylic oxidation sites excluding steroid dienone is 2. The molecule has 1 aromatic heterocycles. The van der Waals surface area contributed by atoms with Crippen molar-refractivity contribution in [1.29, 1.82) is 0 Å². The van der Waals surface area contributed by atoms with Crippen molar-refractivity contribution < 1.29 is 14.3 Å². The van der Waals surface area contributed by atoms with Crippen LogP contribution >= 0.6 is 11.3 Å². The van der Waals surface area contributed by atoms with Gasteiger partial charge in [-0.25, -0.2) is 9.79 Å². The molecule has 0 bridgehead atoms. The maximum absolute atomic E-state index is 13.5. The second-order valence-electron chi connectivity index (χ2n) is 7.36. The van der Waals surface area contributed by atoms with Crippen LogP contribution in [0.3, 0.4) is 0 Å². The molecule has 1 aliphatic heterocycles. The number of benzene rings is 2. The molecule has 33 heavy (non-hydrogen) atoms. The topological polar surface area (TPSA) is 69.9 Å². The molecule has 0 amide bonds. The van der Waals surface area contributed by atoms with E-state index in [1.54, 1.807) is 31.6 Å². The summed E-state index contributed by atoms with van der Waals surface area (Å²) in [5.74, 6) is 0.202. The third-order valence-corrected chi connectivity index (χ3v) is 6.24. The van der Waals surface area contributed by atoms with Gasteiger partial charge in [-0.2, -0.15) is 0 Å². The number of rotatable bonds is 6. The SMILES string of the molecule is CCOC(=O)C1=C(C)N=c2sc(=Cc3ccccc3OC)c(=O)n2C1C=Cc1ccccc1. The highest BCUT2D eigenvalue weighted by molar-refractivity contribution is 7.07. The van der Waals surface area contributed by atoms with Crippen molar-refractivity contribution in [2.24, 2.45) is 4.99 Å². The van der Waals surface area contributed by atoms with E-state index in [-0.39, 0.29) is 12.2 Å². The van der Waals surface area contributed by atoms with Gasteiger partial charge in [0.15, 0.2) is 4.80 Å². The molecule has 1 atom stereocenters. The molecule has 0 radical (unpaired) electrons. The van der Waals surface area contributed by atoms with E-state index in [9.17, 15) is 9.59 Å². The molecule has 0 N–H and O–H groups in total. The number of aromatic nitrogens is 1. The number of hydrogen-bond donors (Lipinski definition) is 0. The van der Waals surface area contributed by atoms with Gasteiger partial charge in [0.05, 0.1) is 35.6 Å². The van der Waals surface area contributed by atoms with Crippen LogP contribution in [0.1, 0.15) is 31.0 Å².